The summed E-state index contributed by atoms with van der Waals surface area (Å²) in [5.41, 5.74) is 7.15. The van der Waals surface area contributed by atoms with E-state index in [1.165, 1.54) is 0 Å². The molecule has 5 nitrogen and oxygen atoms in total. The molecule has 5 heteroatoms. The van der Waals surface area contributed by atoms with Gasteiger partial charge in [-0.05, 0) is 61.7 Å². The van der Waals surface area contributed by atoms with E-state index in [1.807, 2.05) is 6.92 Å². The Morgan fingerprint density at radius 3 is 2.69 bits per heavy atom. The molecule has 0 radical (unpaired) electrons. The lowest BCUT2D eigenvalue weighted by Crippen LogP contribution is -2.59. The molecule has 0 heterocycles. The average Bonchev–Trinajstić information content (AvgIpc) is 3.19. The highest BCUT2D eigenvalue weighted by atomic mass is 16.5. The fraction of sp³-hybridized carbons (Fsp3) is 0.792. The van der Waals surface area contributed by atoms with E-state index in [4.69, 9.17) is 10.5 Å². The summed E-state index contributed by atoms with van der Waals surface area (Å²) in [6, 6.07) is 2.63. The van der Waals surface area contributed by atoms with Crippen molar-refractivity contribution in [1.82, 2.24) is 0 Å². The maximum atomic E-state index is 12.9. The molecule has 0 aliphatic heterocycles. The zero-order valence-electron chi connectivity index (χ0n) is 17.8. The number of allylic oxidation sites excluding steroid dienone is 2. The predicted molar refractivity (Wildman–Crippen MR) is 107 cm³/mol. The van der Waals surface area contributed by atoms with Crippen molar-refractivity contribution in [1.29, 1.82) is 5.26 Å². The summed E-state index contributed by atoms with van der Waals surface area (Å²) in [6.45, 7) is 6.42. The lowest BCUT2D eigenvalue weighted by Gasteiger charge is -2.62. The van der Waals surface area contributed by atoms with Crippen LogP contribution < -0.4 is 5.73 Å². The van der Waals surface area contributed by atoms with Crippen molar-refractivity contribution in [2.24, 2.45) is 45.7 Å². The van der Waals surface area contributed by atoms with Crippen molar-refractivity contribution >= 4 is 11.8 Å². The fourth-order valence-electron chi connectivity index (χ4n) is 8.56. The number of carbonyl (C=O) groups is 2. The van der Waals surface area contributed by atoms with Gasteiger partial charge in [-0.1, -0.05) is 20.8 Å². The Morgan fingerprint density at radius 2 is 2.00 bits per heavy atom. The highest BCUT2D eigenvalue weighted by molar-refractivity contribution is 6.00. The molecule has 5 rings (SSSR count). The summed E-state index contributed by atoms with van der Waals surface area (Å²) in [5, 5.41) is 10.3. The van der Waals surface area contributed by atoms with Crippen molar-refractivity contribution in [3.8, 4) is 6.07 Å². The third kappa shape index (κ3) is 2.06. The van der Waals surface area contributed by atoms with Gasteiger partial charge in [-0.15, -0.1) is 0 Å². The van der Waals surface area contributed by atoms with Crippen molar-refractivity contribution in [2.45, 2.75) is 78.2 Å². The smallest absolute Gasteiger partial charge is 0.305 e. The lowest BCUT2D eigenvalue weighted by atomic mass is 9.40. The molecular weight excluding hydrogens is 364 g/mol. The number of carbonyl (C=O) groups excluding carboxylic acids is 2. The molecule has 5 unspecified atom stereocenters. The minimum atomic E-state index is -0.696. The van der Waals surface area contributed by atoms with Gasteiger partial charge in [0.05, 0.1) is 11.5 Å². The number of esters is 1. The highest BCUT2D eigenvalue weighted by Crippen LogP contribution is 2.75. The molecule has 0 spiro atoms. The highest BCUT2D eigenvalue weighted by Gasteiger charge is 2.72. The van der Waals surface area contributed by atoms with Gasteiger partial charge < -0.3 is 10.5 Å². The van der Waals surface area contributed by atoms with E-state index >= 15 is 0 Å². The fourth-order valence-corrected chi connectivity index (χ4v) is 8.56. The molecule has 2 N–H and O–H groups in total. The summed E-state index contributed by atoms with van der Waals surface area (Å²) >= 11 is 0. The molecule has 0 aromatic rings. The van der Waals surface area contributed by atoms with Crippen LogP contribution in [0.2, 0.25) is 0 Å². The molecule has 4 saturated carbocycles. The Morgan fingerprint density at radius 1 is 1.24 bits per heavy atom. The van der Waals surface area contributed by atoms with E-state index in [0.717, 1.165) is 32.1 Å². The number of rotatable bonds is 2. The van der Waals surface area contributed by atoms with Crippen LogP contribution in [0.15, 0.2) is 11.3 Å². The molecule has 4 fully saturated rings. The van der Waals surface area contributed by atoms with E-state index in [9.17, 15) is 14.9 Å². The number of hydrogen-bond acceptors (Lipinski definition) is 5. The van der Waals surface area contributed by atoms with Crippen LogP contribution in [-0.4, -0.2) is 17.9 Å². The summed E-state index contributed by atoms with van der Waals surface area (Å²) in [6.07, 6.45) is 6.42. The molecule has 5 aliphatic carbocycles. The van der Waals surface area contributed by atoms with Crippen molar-refractivity contribution < 1.29 is 14.3 Å². The molecule has 5 aliphatic rings. The van der Waals surface area contributed by atoms with E-state index < -0.39 is 5.41 Å². The van der Waals surface area contributed by atoms with Crippen molar-refractivity contribution in [2.75, 3.05) is 0 Å². The molecular formula is C24H32N2O3. The van der Waals surface area contributed by atoms with Crippen molar-refractivity contribution in [3.05, 3.63) is 11.3 Å². The van der Waals surface area contributed by atoms with Gasteiger partial charge in [0.25, 0.3) is 0 Å². The largest absolute Gasteiger partial charge is 0.462 e. The Balaban J connectivity index is 1.59. The summed E-state index contributed by atoms with van der Waals surface area (Å²) in [5.74, 6) is 1.34. The SMILES string of the molecule is CCC(=O)O[C@H]1CCC2C3C(CCC21C)C1(C)CCC(=O)C2=C(N)[C@@H]3C[C@]21C#N. The van der Waals surface area contributed by atoms with Gasteiger partial charge >= 0.3 is 5.97 Å². The molecule has 2 bridgehead atoms. The molecule has 0 aromatic heterocycles. The van der Waals surface area contributed by atoms with E-state index in [0.29, 0.717) is 48.3 Å². The second kappa shape index (κ2) is 5.86. The van der Waals surface area contributed by atoms with Crippen LogP contribution in [-0.2, 0) is 14.3 Å². The van der Waals surface area contributed by atoms with Crippen LogP contribution in [0.1, 0.15) is 72.1 Å². The topological polar surface area (TPSA) is 93.2 Å². The number of nitrogens with zero attached hydrogens (tertiary/aromatic N) is 1. The minimum Gasteiger partial charge on any atom is -0.462 e. The van der Waals surface area contributed by atoms with Crippen LogP contribution >= 0.6 is 0 Å². The van der Waals surface area contributed by atoms with Crippen LogP contribution in [0.3, 0.4) is 0 Å². The standard InChI is InChI=1S/C24H32N2O3/c1-4-18(28)29-17-6-5-14-19-13-11-24(12-25)20(21(13)26)16(27)8-10-23(24,3)15(19)7-9-22(14,17)2/h13-15,17,19H,4-11,26H2,1-3H3/t13-,14?,15?,17+,19?,22?,23?,24+/m1/s1. The molecule has 8 atom stereocenters. The van der Waals surface area contributed by atoms with Crippen LogP contribution in [0, 0.1) is 51.2 Å². The van der Waals surface area contributed by atoms with Gasteiger partial charge in [0.1, 0.15) is 6.10 Å². The van der Waals surface area contributed by atoms with Gasteiger partial charge in [0.15, 0.2) is 5.78 Å². The molecule has 0 aromatic carbocycles. The van der Waals surface area contributed by atoms with E-state index in [-0.39, 0.29) is 34.6 Å². The average molecular weight is 397 g/mol. The van der Waals surface area contributed by atoms with E-state index in [2.05, 4.69) is 19.9 Å². The number of nitrogens with two attached hydrogens (primary N) is 1. The summed E-state index contributed by atoms with van der Waals surface area (Å²) in [4.78, 5) is 24.9. The van der Waals surface area contributed by atoms with Gasteiger partial charge in [-0.2, -0.15) is 5.26 Å². The van der Waals surface area contributed by atoms with E-state index in [1.54, 1.807) is 0 Å². The van der Waals surface area contributed by atoms with Crippen molar-refractivity contribution in [3.63, 3.8) is 0 Å². The van der Waals surface area contributed by atoms with Gasteiger partial charge in [-0.3, -0.25) is 9.59 Å². The number of hydrogen-bond donors (Lipinski definition) is 1. The van der Waals surface area contributed by atoms with Gasteiger partial charge in [-0.25, -0.2) is 0 Å². The van der Waals surface area contributed by atoms with Gasteiger partial charge in [0, 0.05) is 35.4 Å². The third-order valence-corrected chi connectivity index (χ3v) is 10.0. The van der Waals surface area contributed by atoms with Crippen LogP contribution in [0.25, 0.3) is 0 Å². The number of ketones is 1. The second-order valence-electron chi connectivity index (χ2n) is 10.7. The number of Topliss-reactive ketones (excluding diaryl/α,β-unsaturated/α-hetero) is 1. The first-order valence-electron chi connectivity index (χ1n) is 11.4. The van der Waals surface area contributed by atoms with Crippen LogP contribution in [0.5, 0.6) is 0 Å². The van der Waals surface area contributed by atoms with Gasteiger partial charge in [0.2, 0.25) is 0 Å². The first-order chi connectivity index (χ1) is 13.7. The van der Waals surface area contributed by atoms with Crippen LogP contribution in [0.4, 0.5) is 0 Å². The second-order valence-corrected chi connectivity index (χ2v) is 10.7. The number of nitriles is 1. The first kappa shape index (κ1) is 19.2. The quantitative estimate of drug-likeness (QED) is 0.715. The lowest BCUT2D eigenvalue weighted by molar-refractivity contribution is -0.167. The summed E-state index contributed by atoms with van der Waals surface area (Å²) < 4.78 is 5.90. The Labute approximate surface area is 173 Å². The minimum absolute atomic E-state index is 0.0207. The zero-order chi connectivity index (χ0) is 20.8. The first-order valence-corrected chi connectivity index (χ1v) is 11.4. The molecule has 0 amide bonds. The normalized spacial score (nSPS) is 50.0. The summed E-state index contributed by atoms with van der Waals surface area (Å²) in [7, 11) is 0. The Kier molecular flexibility index (Phi) is 3.87. The molecule has 0 saturated heterocycles. The molecule has 29 heavy (non-hydrogen) atoms. The zero-order valence-corrected chi connectivity index (χ0v) is 17.8. The predicted octanol–water partition coefficient (Wildman–Crippen LogP) is 3.88. The number of ether oxygens (including phenoxy) is 1. The third-order valence-electron chi connectivity index (χ3n) is 10.0. The Hall–Kier alpha value is -1.83. The molecule has 156 valence electrons. The number of fused-ring (bicyclic) bond motifs is 6. The maximum absolute atomic E-state index is 12.9. The monoisotopic (exact) mass is 396 g/mol. The maximum Gasteiger partial charge on any atom is 0.305 e. The Bertz CT molecular complexity index is 872.